The first-order valence-corrected chi connectivity index (χ1v) is 9.47. The third-order valence-electron chi connectivity index (χ3n) is 3.77. The summed E-state index contributed by atoms with van der Waals surface area (Å²) in [5, 5.41) is 1.22. The largest absolute Gasteiger partial charge is 0.446 e. The number of hydrogen-bond acceptors (Lipinski definition) is 4. The Balaban J connectivity index is 5.16. The summed E-state index contributed by atoms with van der Waals surface area (Å²) in [4.78, 5) is 24.5. The van der Waals surface area contributed by atoms with Crippen molar-refractivity contribution in [2.45, 2.75) is 85.5 Å². The van der Waals surface area contributed by atoms with Gasteiger partial charge in [-0.05, 0) is 59.8 Å². The number of carbonyl (C=O) groups is 2. The van der Waals surface area contributed by atoms with E-state index in [0.717, 1.165) is 19.3 Å². The molecule has 6 nitrogen and oxygen atoms in total. The number of allylic oxidation sites excluding steroid dienone is 2. The Morgan fingerprint density at radius 1 is 1.12 bits per heavy atom. The van der Waals surface area contributed by atoms with Crippen LogP contribution in [0.2, 0.25) is 0 Å². The summed E-state index contributed by atoms with van der Waals surface area (Å²) in [7, 11) is 0. The topological polar surface area (TPSA) is 67.9 Å². The van der Waals surface area contributed by atoms with Crippen molar-refractivity contribution < 1.29 is 19.1 Å². The summed E-state index contributed by atoms with van der Waals surface area (Å²) in [5.74, 6) is 0.455. The summed E-state index contributed by atoms with van der Waals surface area (Å²) in [6, 6.07) is -0.312. The predicted octanol–water partition coefficient (Wildman–Crippen LogP) is 5.21. The molecule has 0 aliphatic heterocycles. The highest BCUT2D eigenvalue weighted by molar-refractivity contribution is 5.74. The number of amides is 2. The van der Waals surface area contributed by atoms with Crippen molar-refractivity contribution in [1.82, 2.24) is 10.4 Å². The van der Waals surface area contributed by atoms with Crippen molar-refractivity contribution in [3.63, 3.8) is 0 Å². The standard InChI is InChI=1S/C20H36N2O4/c1-8-12-18(14-11-13-17(9-2)10-3)22(20(24)26-16(6)7)21-19(23)25-15(4)5/h8-9,12,15-18H,2,10-11,13-14H2,1,3-7H3,(H,21,23)/b12-8+/t17-,18?/m1/s1. The minimum atomic E-state index is -0.673. The van der Waals surface area contributed by atoms with E-state index < -0.39 is 12.2 Å². The Kier molecular flexibility index (Phi) is 12.2. The van der Waals surface area contributed by atoms with Crippen molar-refractivity contribution in [1.29, 1.82) is 0 Å². The molecular formula is C20H36N2O4. The lowest BCUT2D eigenvalue weighted by Crippen LogP contribution is -2.52. The molecule has 0 aromatic carbocycles. The van der Waals surface area contributed by atoms with Crippen LogP contribution in [0.15, 0.2) is 24.8 Å². The molecule has 0 bridgehead atoms. The molecule has 6 heteroatoms. The molecule has 26 heavy (non-hydrogen) atoms. The lowest BCUT2D eigenvalue weighted by Gasteiger charge is -2.30. The monoisotopic (exact) mass is 368 g/mol. The number of hydrogen-bond donors (Lipinski definition) is 1. The molecule has 2 amide bonds. The maximum Gasteiger partial charge on any atom is 0.429 e. The summed E-state index contributed by atoms with van der Waals surface area (Å²) >= 11 is 0. The van der Waals surface area contributed by atoms with Gasteiger partial charge in [-0.15, -0.1) is 6.58 Å². The zero-order chi connectivity index (χ0) is 20.1. The highest BCUT2D eigenvalue weighted by atomic mass is 16.6. The maximum absolute atomic E-state index is 12.5. The highest BCUT2D eigenvalue weighted by Gasteiger charge is 2.26. The van der Waals surface area contributed by atoms with Crippen LogP contribution in [0.4, 0.5) is 9.59 Å². The summed E-state index contributed by atoms with van der Waals surface area (Å²) in [6.07, 6.45) is 7.48. The zero-order valence-electron chi connectivity index (χ0n) is 17.2. The lowest BCUT2D eigenvalue weighted by molar-refractivity contribution is 0.0365. The maximum atomic E-state index is 12.5. The fourth-order valence-electron chi connectivity index (χ4n) is 2.47. The van der Waals surface area contributed by atoms with Gasteiger partial charge in [-0.3, -0.25) is 0 Å². The highest BCUT2D eigenvalue weighted by Crippen LogP contribution is 2.17. The van der Waals surface area contributed by atoms with Gasteiger partial charge in [0, 0.05) is 0 Å². The average Bonchev–Trinajstić information content (AvgIpc) is 2.54. The van der Waals surface area contributed by atoms with E-state index in [-0.39, 0.29) is 18.2 Å². The Bertz CT molecular complexity index is 461. The fourth-order valence-corrected chi connectivity index (χ4v) is 2.47. The first-order valence-electron chi connectivity index (χ1n) is 9.47. The van der Waals surface area contributed by atoms with Crippen LogP contribution in [0.25, 0.3) is 0 Å². The van der Waals surface area contributed by atoms with Crippen molar-refractivity contribution in [2.75, 3.05) is 0 Å². The van der Waals surface area contributed by atoms with Crippen LogP contribution in [-0.2, 0) is 9.47 Å². The van der Waals surface area contributed by atoms with Crippen LogP contribution < -0.4 is 5.43 Å². The van der Waals surface area contributed by atoms with Gasteiger partial charge in [0.25, 0.3) is 0 Å². The predicted molar refractivity (Wildman–Crippen MR) is 105 cm³/mol. The van der Waals surface area contributed by atoms with Gasteiger partial charge in [0.1, 0.15) is 0 Å². The second-order valence-corrected chi connectivity index (χ2v) is 6.80. The fraction of sp³-hybridized carbons (Fsp3) is 0.700. The molecule has 0 spiro atoms. The molecule has 2 atom stereocenters. The second kappa shape index (κ2) is 13.3. The third-order valence-corrected chi connectivity index (χ3v) is 3.77. The van der Waals surface area contributed by atoms with Crippen LogP contribution in [0, 0.1) is 5.92 Å². The lowest BCUT2D eigenvalue weighted by atomic mass is 9.97. The van der Waals surface area contributed by atoms with Gasteiger partial charge < -0.3 is 9.47 Å². The number of hydrazine groups is 1. The SMILES string of the molecule is C=C[C@H](CC)CCCC(/C=C/C)N(NC(=O)OC(C)C)C(=O)OC(C)C. The van der Waals surface area contributed by atoms with Crippen molar-refractivity contribution >= 4 is 12.2 Å². The quantitative estimate of drug-likeness (QED) is 0.424. The van der Waals surface area contributed by atoms with Crippen LogP contribution >= 0.6 is 0 Å². The Hall–Kier alpha value is -1.98. The van der Waals surface area contributed by atoms with E-state index in [1.54, 1.807) is 27.7 Å². The van der Waals surface area contributed by atoms with Gasteiger partial charge in [-0.2, -0.15) is 0 Å². The molecule has 0 fully saturated rings. The molecular weight excluding hydrogens is 332 g/mol. The third kappa shape index (κ3) is 10.1. The van der Waals surface area contributed by atoms with E-state index in [9.17, 15) is 9.59 Å². The van der Waals surface area contributed by atoms with E-state index in [0.29, 0.717) is 12.3 Å². The van der Waals surface area contributed by atoms with Crippen LogP contribution in [0.1, 0.15) is 67.2 Å². The average molecular weight is 369 g/mol. The van der Waals surface area contributed by atoms with Crippen LogP contribution in [0.3, 0.4) is 0 Å². The molecule has 0 heterocycles. The molecule has 0 aliphatic rings. The minimum Gasteiger partial charge on any atom is -0.446 e. The van der Waals surface area contributed by atoms with E-state index in [1.807, 2.05) is 25.2 Å². The van der Waals surface area contributed by atoms with Gasteiger partial charge >= 0.3 is 12.2 Å². The van der Waals surface area contributed by atoms with E-state index in [4.69, 9.17) is 9.47 Å². The molecule has 0 saturated carbocycles. The smallest absolute Gasteiger partial charge is 0.429 e. The second-order valence-electron chi connectivity index (χ2n) is 6.80. The summed E-state index contributed by atoms with van der Waals surface area (Å²) in [5.41, 5.74) is 2.53. The minimum absolute atomic E-state index is 0.281. The molecule has 0 aromatic rings. The molecule has 0 radical (unpaired) electrons. The van der Waals surface area contributed by atoms with Crippen molar-refractivity contribution in [3.05, 3.63) is 24.8 Å². The molecule has 0 saturated heterocycles. The van der Waals surface area contributed by atoms with Gasteiger partial charge in [-0.1, -0.05) is 31.6 Å². The molecule has 0 aliphatic carbocycles. The van der Waals surface area contributed by atoms with Gasteiger partial charge in [0.2, 0.25) is 0 Å². The Morgan fingerprint density at radius 3 is 2.19 bits per heavy atom. The molecule has 150 valence electrons. The van der Waals surface area contributed by atoms with Crippen LogP contribution in [0.5, 0.6) is 0 Å². The first kappa shape index (κ1) is 24.0. The normalized spacial score (nSPS) is 13.5. The van der Waals surface area contributed by atoms with E-state index in [1.165, 1.54) is 5.01 Å². The van der Waals surface area contributed by atoms with Crippen molar-refractivity contribution in [2.24, 2.45) is 5.92 Å². The molecule has 1 unspecified atom stereocenters. The summed E-state index contributed by atoms with van der Waals surface area (Å²) in [6.45, 7) is 14.9. The Morgan fingerprint density at radius 2 is 1.73 bits per heavy atom. The number of carbonyl (C=O) groups excluding carboxylic acids is 2. The number of nitrogens with zero attached hydrogens (tertiary/aromatic N) is 1. The molecule has 0 aromatic heterocycles. The molecule has 0 rings (SSSR count). The number of ether oxygens (including phenoxy) is 2. The van der Waals surface area contributed by atoms with Gasteiger partial charge in [0.15, 0.2) is 0 Å². The zero-order valence-corrected chi connectivity index (χ0v) is 17.2. The number of rotatable bonds is 10. The first-order chi connectivity index (χ1) is 12.2. The Labute approximate surface area is 158 Å². The van der Waals surface area contributed by atoms with Crippen LogP contribution in [-0.4, -0.2) is 35.4 Å². The number of nitrogens with one attached hydrogen (secondary N) is 1. The summed E-state index contributed by atoms with van der Waals surface area (Å²) < 4.78 is 10.4. The van der Waals surface area contributed by atoms with E-state index in [2.05, 4.69) is 18.9 Å². The van der Waals surface area contributed by atoms with Crippen molar-refractivity contribution in [3.8, 4) is 0 Å². The van der Waals surface area contributed by atoms with Gasteiger partial charge in [0.05, 0.1) is 18.2 Å². The van der Waals surface area contributed by atoms with E-state index >= 15 is 0 Å². The van der Waals surface area contributed by atoms with Gasteiger partial charge in [-0.25, -0.2) is 20.0 Å². The molecule has 1 N–H and O–H groups in total.